The van der Waals surface area contributed by atoms with Gasteiger partial charge in [-0.15, -0.1) is 0 Å². The minimum Gasteiger partial charge on any atom is -0.396 e. The van der Waals surface area contributed by atoms with Crippen molar-refractivity contribution in [3.8, 4) is 0 Å². The molecule has 1 rings (SSSR count). The third kappa shape index (κ3) is 9.23. The summed E-state index contributed by atoms with van der Waals surface area (Å²) in [6.07, 6.45) is 1.82. The zero-order valence-corrected chi connectivity index (χ0v) is 9.07. The van der Waals surface area contributed by atoms with Gasteiger partial charge in [0.25, 0.3) is 0 Å². The molecule has 0 aliphatic rings. The van der Waals surface area contributed by atoms with Crippen molar-refractivity contribution in [3.63, 3.8) is 0 Å². The van der Waals surface area contributed by atoms with E-state index in [0.29, 0.717) is 0 Å². The van der Waals surface area contributed by atoms with Crippen LogP contribution in [-0.2, 0) is 4.74 Å². The summed E-state index contributed by atoms with van der Waals surface area (Å²) in [5.41, 5.74) is 1.32. The summed E-state index contributed by atoms with van der Waals surface area (Å²) >= 11 is 0. The second-order valence-electron chi connectivity index (χ2n) is 3.08. The van der Waals surface area contributed by atoms with E-state index in [2.05, 4.69) is 19.1 Å². The minimum absolute atomic E-state index is 0.281. The summed E-state index contributed by atoms with van der Waals surface area (Å²) in [6, 6.07) is 10.3. The van der Waals surface area contributed by atoms with Crippen LogP contribution >= 0.6 is 0 Å². The van der Waals surface area contributed by atoms with Gasteiger partial charge in [-0.1, -0.05) is 35.9 Å². The fraction of sp³-hybridized carbons (Fsp3) is 0.500. The molecule has 2 heteroatoms. The zero-order chi connectivity index (χ0) is 10.6. The Labute approximate surface area is 86.5 Å². The molecule has 0 heterocycles. The molecular weight excluding hydrogens is 176 g/mol. The van der Waals surface area contributed by atoms with Crippen molar-refractivity contribution >= 4 is 0 Å². The first-order valence-electron chi connectivity index (χ1n) is 4.92. The van der Waals surface area contributed by atoms with E-state index < -0.39 is 0 Å². The molecule has 0 spiro atoms. The highest BCUT2D eigenvalue weighted by molar-refractivity contribution is 5.11. The van der Waals surface area contributed by atoms with Crippen LogP contribution in [0.5, 0.6) is 0 Å². The van der Waals surface area contributed by atoms with Gasteiger partial charge >= 0.3 is 0 Å². The molecule has 0 saturated carbocycles. The first kappa shape index (κ1) is 13.1. The van der Waals surface area contributed by atoms with Crippen LogP contribution in [-0.4, -0.2) is 25.4 Å². The lowest BCUT2D eigenvalue weighted by Crippen LogP contribution is -1.89. The quantitative estimate of drug-likeness (QED) is 0.749. The number of ether oxygens (including phenoxy) is 1. The normalized spacial score (nSPS) is 9.07. The SMILES string of the molecule is COCCCCO.Cc1ccccc1. The van der Waals surface area contributed by atoms with Gasteiger partial charge in [-0.25, -0.2) is 0 Å². The van der Waals surface area contributed by atoms with Gasteiger partial charge in [0.2, 0.25) is 0 Å². The predicted octanol–water partition coefficient (Wildman–Crippen LogP) is 2.40. The summed E-state index contributed by atoms with van der Waals surface area (Å²) in [5.74, 6) is 0. The summed E-state index contributed by atoms with van der Waals surface area (Å²) < 4.78 is 4.73. The maximum Gasteiger partial charge on any atom is 0.0463 e. The lowest BCUT2D eigenvalue weighted by Gasteiger charge is -1.92. The van der Waals surface area contributed by atoms with E-state index in [1.54, 1.807) is 7.11 Å². The van der Waals surface area contributed by atoms with Crippen LogP contribution in [0.3, 0.4) is 0 Å². The molecule has 0 saturated heterocycles. The van der Waals surface area contributed by atoms with E-state index in [1.807, 2.05) is 18.2 Å². The van der Waals surface area contributed by atoms with Crippen LogP contribution in [0.25, 0.3) is 0 Å². The van der Waals surface area contributed by atoms with Crippen molar-refractivity contribution in [2.75, 3.05) is 20.3 Å². The number of benzene rings is 1. The van der Waals surface area contributed by atoms with Crippen molar-refractivity contribution in [3.05, 3.63) is 35.9 Å². The number of rotatable bonds is 4. The predicted molar refractivity (Wildman–Crippen MR) is 59.4 cm³/mol. The van der Waals surface area contributed by atoms with Crippen LogP contribution in [0.1, 0.15) is 18.4 Å². The van der Waals surface area contributed by atoms with Crippen LogP contribution in [0.15, 0.2) is 30.3 Å². The largest absolute Gasteiger partial charge is 0.396 e. The van der Waals surface area contributed by atoms with Gasteiger partial charge in [-0.3, -0.25) is 0 Å². The van der Waals surface area contributed by atoms with Crippen molar-refractivity contribution in [1.29, 1.82) is 0 Å². The van der Waals surface area contributed by atoms with Crippen LogP contribution in [0, 0.1) is 6.92 Å². The Morgan fingerprint density at radius 1 is 1.14 bits per heavy atom. The Bertz CT molecular complexity index is 193. The number of hydrogen-bond donors (Lipinski definition) is 1. The molecule has 0 unspecified atom stereocenters. The first-order chi connectivity index (χ1) is 6.81. The van der Waals surface area contributed by atoms with Crippen LogP contribution < -0.4 is 0 Å². The maximum absolute atomic E-state index is 8.24. The molecule has 1 aromatic rings. The summed E-state index contributed by atoms with van der Waals surface area (Å²) in [4.78, 5) is 0. The third-order valence-corrected chi connectivity index (χ3v) is 1.70. The topological polar surface area (TPSA) is 29.5 Å². The molecule has 0 aromatic heterocycles. The number of aliphatic hydroxyl groups is 1. The molecular formula is C12H20O2. The summed E-state index contributed by atoms with van der Waals surface area (Å²) in [5, 5.41) is 8.24. The van der Waals surface area contributed by atoms with E-state index >= 15 is 0 Å². The van der Waals surface area contributed by atoms with Gasteiger partial charge in [-0.2, -0.15) is 0 Å². The molecule has 1 aromatic carbocycles. The maximum atomic E-state index is 8.24. The highest BCUT2D eigenvalue weighted by atomic mass is 16.5. The lowest BCUT2D eigenvalue weighted by atomic mass is 10.2. The van der Waals surface area contributed by atoms with Gasteiger partial charge in [-0.05, 0) is 19.8 Å². The number of hydrogen-bond acceptors (Lipinski definition) is 2. The van der Waals surface area contributed by atoms with Crippen LogP contribution in [0.4, 0.5) is 0 Å². The lowest BCUT2D eigenvalue weighted by molar-refractivity contribution is 0.181. The van der Waals surface area contributed by atoms with E-state index in [4.69, 9.17) is 9.84 Å². The Balaban J connectivity index is 0.000000241. The first-order valence-corrected chi connectivity index (χ1v) is 4.92. The molecule has 0 aliphatic heterocycles. The Morgan fingerprint density at radius 2 is 1.79 bits per heavy atom. The Kier molecular flexibility index (Phi) is 9.59. The van der Waals surface area contributed by atoms with E-state index in [-0.39, 0.29) is 6.61 Å². The third-order valence-electron chi connectivity index (χ3n) is 1.70. The smallest absolute Gasteiger partial charge is 0.0463 e. The molecule has 1 N–H and O–H groups in total. The molecule has 0 fully saturated rings. The van der Waals surface area contributed by atoms with Crippen LogP contribution in [0.2, 0.25) is 0 Å². The van der Waals surface area contributed by atoms with Gasteiger partial charge in [0.1, 0.15) is 0 Å². The second kappa shape index (κ2) is 10.2. The summed E-state index contributed by atoms with van der Waals surface area (Å²) in [7, 11) is 1.66. The average molecular weight is 196 g/mol. The number of aliphatic hydroxyl groups excluding tert-OH is 1. The van der Waals surface area contributed by atoms with Crippen molar-refractivity contribution in [2.45, 2.75) is 19.8 Å². The van der Waals surface area contributed by atoms with E-state index in [9.17, 15) is 0 Å². The standard InChI is InChI=1S/C7H8.C5H12O2/c1-7-5-3-2-4-6-7;1-7-5-3-2-4-6/h2-6H,1H3;6H,2-5H2,1H3. The molecule has 2 nitrogen and oxygen atoms in total. The Hall–Kier alpha value is -0.860. The van der Waals surface area contributed by atoms with Gasteiger partial charge in [0.15, 0.2) is 0 Å². The number of methoxy groups -OCH3 is 1. The van der Waals surface area contributed by atoms with E-state index in [0.717, 1.165) is 19.4 Å². The van der Waals surface area contributed by atoms with Gasteiger partial charge in [0, 0.05) is 20.3 Å². The average Bonchev–Trinajstić information content (AvgIpc) is 2.21. The van der Waals surface area contributed by atoms with Gasteiger partial charge in [0.05, 0.1) is 0 Å². The molecule has 0 atom stereocenters. The summed E-state index contributed by atoms with van der Waals surface area (Å²) in [6.45, 7) is 3.13. The minimum atomic E-state index is 0.281. The number of unbranched alkanes of at least 4 members (excludes halogenated alkanes) is 1. The van der Waals surface area contributed by atoms with Gasteiger partial charge < -0.3 is 9.84 Å². The fourth-order valence-electron chi connectivity index (χ4n) is 0.893. The fourth-order valence-corrected chi connectivity index (χ4v) is 0.893. The molecule has 0 bridgehead atoms. The second-order valence-corrected chi connectivity index (χ2v) is 3.08. The monoisotopic (exact) mass is 196 g/mol. The molecule has 80 valence electrons. The highest BCUT2D eigenvalue weighted by Crippen LogP contribution is 1.92. The molecule has 0 radical (unpaired) electrons. The Morgan fingerprint density at radius 3 is 2.14 bits per heavy atom. The molecule has 0 amide bonds. The highest BCUT2D eigenvalue weighted by Gasteiger charge is 1.80. The zero-order valence-electron chi connectivity index (χ0n) is 9.07. The number of aryl methyl sites for hydroxylation is 1. The van der Waals surface area contributed by atoms with Crippen molar-refractivity contribution < 1.29 is 9.84 Å². The van der Waals surface area contributed by atoms with E-state index in [1.165, 1.54) is 5.56 Å². The molecule has 14 heavy (non-hydrogen) atoms. The van der Waals surface area contributed by atoms with Crippen molar-refractivity contribution in [1.82, 2.24) is 0 Å². The molecule has 0 aliphatic carbocycles. The van der Waals surface area contributed by atoms with Crippen molar-refractivity contribution in [2.24, 2.45) is 0 Å².